The molecule has 0 bridgehead atoms. The molecule has 0 saturated heterocycles. The van der Waals surface area contributed by atoms with Crippen LogP contribution in [0.2, 0.25) is 5.15 Å². The first-order valence-corrected chi connectivity index (χ1v) is 4.64. The molecule has 16 heavy (non-hydrogen) atoms. The third-order valence-corrected chi connectivity index (χ3v) is 2.10. The highest BCUT2D eigenvalue weighted by molar-refractivity contribution is 6.29. The number of halogens is 1. The summed E-state index contributed by atoms with van der Waals surface area (Å²) in [4.78, 5) is 14.3. The van der Waals surface area contributed by atoms with Crippen molar-refractivity contribution in [1.82, 2.24) is 4.98 Å². The maximum Gasteiger partial charge on any atom is 0.164 e. The Balaban J connectivity index is 3.43. The van der Waals surface area contributed by atoms with Gasteiger partial charge in [-0.2, -0.15) is 5.26 Å². The summed E-state index contributed by atoms with van der Waals surface area (Å²) in [5.41, 5.74) is 0.362. The molecular formula is C10H8ClN3O2. The summed E-state index contributed by atoms with van der Waals surface area (Å²) < 4.78 is 0. The van der Waals surface area contributed by atoms with Crippen molar-refractivity contribution in [1.29, 1.82) is 5.26 Å². The molecule has 0 spiro atoms. The SMILES string of the molecule is CNc1cnc(Cl)cc1/C(O)=C(/C#N)C=O. The summed E-state index contributed by atoms with van der Waals surface area (Å²) in [6.45, 7) is 0. The van der Waals surface area contributed by atoms with Gasteiger partial charge in [0.25, 0.3) is 0 Å². The van der Waals surface area contributed by atoms with Crippen molar-refractivity contribution < 1.29 is 9.90 Å². The van der Waals surface area contributed by atoms with E-state index < -0.39 is 5.76 Å². The Kier molecular flexibility index (Phi) is 3.86. The molecule has 5 nitrogen and oxygen atoms in total. The van der Waals surface area contributed by atoms with Crippen LogP contribution in [-0.2, 0) is 4.79 Å². The highest BCUT2D eigenvalue weighted by Crippen LogP contribution is 2.25. The van der Waals surface area contributed by atoms with Gasteiger partial charge in [0.15, 0.2) is 6.29 Å². The molecule has 2 N–H and O–H groups in total. The zero-order valence-electron chi connectivity index (χ0n) is 8.36. The second-order valence-electron chi connectivity index (χ2n) is 2.79. The number of anilines is 1. The number of nitrogens with zero attached hydrogens (tertiary/aromatic N) is 2. The minimum absolute atomic E-state index is 0.156. The number of nitrogens with one attached hydrogen (secondary N) is 1. The number of carbonyl (C=O) groups excluding carboxylic acids is 1. The van der Waals surface area contributed by atoms with Crippen molar-refractivity contribution in [3.63, 3.8) is 0 Å². The van der Waals surface area contributed by atoms with Crippen LogP contribution in [0.5, 0.6) is 0 Å². The third kappa shape index (κ3) is 2.30. The van der Waals surface area contributed by atoms with Crippen molar-refractivity contribution >= 4 is 29.3 Å². The number of aliphatic hydroxyl groups excluding tert-OH is 1. The Labute approximate surface area is 97.0 Å². The number of aliphatic hydroxyl groups is 1. The maximum atomic E-state index is 10.5. The van der Waals surface area contributed by atoms with Crippen LogP contribution in [0.3, 0.4) is 0 Å². The van der Waals surface area contributed by atoms with Gasteiger partial charge < -0.3 is 10.4 Å². The first-order chi connectivity index (χ1) is 7.63. The van der Waals surface area contributed by atoms with Crippen molar-refractivity contribution in [3.8, 4) is 6.07 Å². The van der Waals surface area contributed by atoms with Gasteiger partial charge in [0, 0.05) is 12.6 Å². The molecule has 1 rings (SSSR count). The molecule has 1 aromatic rings. The highest BCUT2D eigenvalue weighted by atomic mass is 35.5. The summed E-state index contributed by atoms with van der Waals surface area (Å²) in [5.74, 6) is -0.425. The van der Waals surface area contributed by atoms with Crippen LogP contribution >= 0.6 is 11.6 Å². The summed E-state index contributed by atoms with van der Waals surface area (Å²) in [6, 6.07) is 2.96. The van der Waals surface area contributed by atoms with E-state index in [4.69, 9.17) is 16.9 Å². The van der Waals surface area contributed by atoms with Gasteiger partial charge in [0.2, 0.25) is 0 Å². The minimum Gasteiger partial charge on any atom is -0.506 e. The average molecular weight is 238 g/mol. The van der Waals surface area contributed by atoms with E-state index in [9.17, 15) is 9.90 Å². The number of pyridine rings is 1. The number of aldehydes is 1. The summed E-state index contributed by atoms with van der Waals surface area (Å²) in [7, 11) is 1.62. The number of rotatable bonds is 3. The van der Waals surface area contributed by atoms with Crippen molar-refractivity contribution in [2.45, 2.75) is 0 Å². The predicted octanol–water partition coefficient (Wildman–Crippen LogP) is 1.77. The Morgan fingerprint density at radius 2 is 2.44 bits per heavy atom. The van der Waals surface area contributed by atoms with E-state index in [2.05, 4.69) is 10.3 Å². The third-order valence-electron chi connectivity index (χ3n) is 1.89. The number of nitriles is 1. The summed E-state index contributed by atoms with van der Waals surface area (Å²) in [6.07, 6.45) is 1.68. The van der Waals surface area contributed by atoms with Gasteiger partial charge in [-0.25, -0.2) is 4.98 Å². The summed E-state index contributed by atoms with van der Waals surface area (Å²) in [5, 5.41) is 21.3. The lowest BCUT2D eigenvalue weighted by Gasteiger charge is -2.08. The molecule has 0 radical (unpaired) electrons. The van der Waals surface area contributed by atoms with Crippen LogP contribution in [-0.4, -0.2) is 23.4 Å². The average Bonchev–Trinajstić information content (AvgIpc) is 2.30. The Hall–Kier alpha value is -2.06. The Morgan fingerprint density at radius 1 is 1.75 bits per heavy atom. The van der Waals surface area contributed by atoms with E-state index in [1.165, 1.54) is 12.3 Å². The minimum atomic E-state index is -0.425. The smallest absolute Gasteiger partial charge is 0.164 e. The van der Waals surface area contributed by atoms with E-state index >= 15 is 0 Å². The van der Waals surface area contributed by atoms with Gasteiger partial charge in [-0.15, -0.1) is 0 Å². The van der Waals surface area contributed by atoms with Crippen LogP contribution in [0.1, 0.15) is 5.56 Å². The predicted molar refractivity (Wildman–Crippen MR) is 60.0 cm³/mol. The lowest BCUT2D eigenvalue weighted by Crippen LogP contribution is -1.99. The number of hydrogen-bond donors (Lipinski definition) is 2. The van der Waals surface area contributed by atoms with Gasteiger partial charge in [0.05, 0.1) is 11.9 Å². The molecular weight excluding hydrogens is 230 g/mol. The lowest BCUT2D eigenvalue weighted by atomic mass is 10.1. The van der Waals surface area contributed by atoms with Gasteiger partial charge in [-0.05, 0) is 6.07 Å². The van der Waals surface area contributed by atoms with E-state index in [1.54, 1.807) is 13.1 Å². The zero-order chi connectivity index (χ0) is 12.1. The van der Waals surface area contributed by atoms with Crippen molar-refractivity contribution in [2.24, 2.45) is 0 Å². The maximum absolute atomic E-state index is 10.5. The number of allylic oxidation sites excluding steroid dienone is 1. The lowest BCUT2D eigenvalue weighted by molar-refractivity contribution is -0.104. The molecule has 0 aromatic carbocycles. The molecule has 0 saturated carbocycles. The molecule has 0 aliphatic carbocycles. The largest absolute Gasteiger partial charge is 0.506 e. The number of carbonyl (C=O) groups is 1. The topological polar surface area (TPSA) is 86.0 Å². The van der Waals surface area contributed by atoms with Crippen molar-refractivity contribution in [3.05, 3.63) is 28.6 Å². The van der Waals surface area contributed by atoms with Crippen LogP contribution in [0.25, 0.3) is 5.76 Å². The van der Waals surface area contributed by atoms with Gasteiger partial charge in [0.1, 0.15) is 22.6 Å². The second-order valence-corrected chi connectivity index (χ2v) is 3.18. The van der Waals surface area contributed by atoms with Gasteiger partial charge in [-0.1, -0.05) is 11.6 Å². The highest BCUT2D eigenvalue weighted by Gasteiger charge is 2.12. The van der Waals surface area contributed by atoms with Crippen LogP contribution in [0.15, 0.2) is 17.8 Å². The normalized spacial score (nSPS) is 11.3. The molecule has 6 heteroatoms. The van der Waals surface area contributed by atoms with Crippen LogP contribution in [0, 0.1) is 11.3 Å². The van der Waals surface area contributed by atoms with E-state index in [1.807, 2.05) is 0 Å². The molecule has 1 aromatic heterocycles. The monoisotopic (exact) mass is 237 g/mol. The number of hydrogen-bond acceptors (Lipinski definition) is 5. The first-order valence-electron chi connectivity index (χ1n) is 4.26. The van der Waals surface area contributed by atoms with E-state index in [0.717, 1.165) is 0 Å². The standard InChI is InChI=1S/C10H8ClN3O2/c1-13-8-4-14-9(11)2-7(8)10(16)6(3-12)5-15/h2,4-5,13,16H,1H3/b10-6+. The fraction of sp³-hybridized carbons (Fsp3) is 0.100. The molecule has 0 aliphatic rings. The fourth-order valence-electron chi connectivity index (χ4n) is 1.11. The van der Waals surface area contributed by atoms with Gasteiger partial charge in [-0.3, -0.25) is 4.79 Å². The van der Waals surface area contributed by atoms with Gasteiger partial charge >= 0.3 is 0 Å². The fourth-order valence-corrected chi connectivity index (χ4v) is 1.26. The van der Waals surface area contributed by atoms with Crippen LogP contribution < -0.4 is 5.32 Å². The van der Waals surface area contributed by atoms with Crippen LogP contribution in [0.4, 0.5) is 5.69 Å². The molecule has 1 heterocycles. The summed E-state index contributed by atoms with van der Waals surface area (Å²) >= 11 is 5.67. The van der Waals surface area contributed by atoms with E-state index in [0.29, 0.717) is 5.69 Å². The number of aromatic nitrogens is 1. The molecule has 0 aliphatic heterocycles. The zero-order valence-corrected chi connectivity index (χ0v) is 9.12. The molecule has 0 fully saturated rings. The quantitative estimate of drug-likeness (QED) is 0.275. The molecule has 0 amide bonds. The molecule has 0 atom stereocenters. The van der Waals surface area contributed by atoms with E-state index in [-0.39, 0.29) is 22.6 Å². The Morgan fingerprint density at radius 3 is 2.94 bits per heavy atom. The molecule has 0 unspecified atom stereocenters. The second kappa shape index (κ2) is 5.14. The molecule has 82 valence electrons. The first kappa shape index (κ1) is 12.0. The van der Waals surface area contributed by atoms with Crippen molar-refractivity contribution in [2.75, 3.05) is 12.4 Å². The Bertz CT molecular complexity index is 491.